The van der Waals surface area contributed by atoms with E-state index in [2.05, 4.69) is 47.8 Å². The number of carbonyl (C=O) groups is 5. The number of likely N-dealkylation sites (tertiary alicyclic amines) is 1. The van der Waals surface area contributed by atoms with Crippen LogP contribution in [0.5, 0.6) is 0 Å². The summed E-state index contributed by atoms with van der Waals surface area (Å²) in [5.41, 5.74) is 0.695. The second-order valence-corrected chi connectivity index (χ2v) is 15.5. The standard InChI is InChI=1S/C36H57N5O5/c1-7-8-19-26(30(42)32(44)37-21-20-23-15-11-9-12-16-23)38-31(43)29-27-25(36(27,5)6)22-41(29)33(45)28(24-17-13-10-14-18-24)39-34(46)40-35(2,3)4/h7,15,24-29H,1,8-14,16-22H2,2-6H3,(H,37,44)(H,38,43)(H2,39,40,46)/t25-,26?,27-,28?,29-/m0/s1. The molecule has 0 aromatic heterocycles. The third-order valence-electron chi connectivity index (χ3n) is 10.6. The topological polar surface area (TPSA) is 137 Å². The molecular weight excluding hydrogens is 582 g/mol. The van der Waals surface area contributed by atoms with E-state index in [1.165, 1.54) is 12.0 Å². The number of hydrogen-bond acceptors (Lipinski definition) is 5. The van der Waals surface area contributed by atoms with Crippen molar-refractivity contribution in [1.29, 1.82) is 0 Å². The van der Waals surface area contributed by atoms with Crippen molar-refractivity contribution in [3.63, 3.8) is 0 Å². The molecule has 5 atom stereocenters. The number of urea groups is 1. The van der Waals surface area contributed by atoms with E-state index in [0.717, 1.165) is 51.4 Å². The third-order valence-corrected chi connectivity index (χ3v) is 10.6. The Labute approximate surface area is 275 Å². The number of amides is 5. The van der Waals surface area contributed by atoms with Gasteiger partial charge in [0.15, 0.2) is 0 Å². The van der Waals surface area contributed by atoms with Crippen molar-refractivity contribution >= 4 is 29.5 Å². The Bertz CT molecular complexity index is 1200. The Kier molecular flexibility index (Phi) is 11.8. The summed E-state index contributed by atoms with van der Waals surface area (Å²) in [7, 11) is 0. The highest BCUT2D eigenvalue weighted by Gasteiger charge is 2.69. The van der Waals surface area contributed by atoms with Crippen LogP contribution in [-0.4, -0.2) is 71.2 Å². The number of nitrogens with zero attached hydrogens (tertiary/aromatic N) is 1. The second-order valence-electron chi connectivity index (χ2n) is 15.5. The molecule has 10 heteroatoms. The number of nitrogens with one attached hydrogen (secondary N) is 4. The van der Waals surface area contributed by atoms with Crippen LogP contribution >= 0.6 is 0 Å². The number of fused-ring (bicyclic) bond motifs is 1. The van der Waals surface area contributed by atoms with Crippen LogP contribution in [0.15, 0.2) is 24.3 Å². The van der Waals surface area contributed by atoms with Crippen LogP contribution in [0.25, 0.3) is 0 Å². The number of rotatable bonds is 13. The third kappa shape index (κ3) is 8.79. The van der Waals surface area contributed by atoms with Crippen LogP contribution < -0.4 is 21.3 Å². The molecule has 3 aliphatic carbocycles. The minimum atomic E-state index is -1.03. The maximum absolute atomic E-state index is 14.3. The fraction of sp³-hybridized carbons (Fsp3) is 0.750. The van der Waals surface area contributed by atoms with E-state index in [4.69, 9.17) is 0 Å². The van der Waals surface area contributed by atoms with Crippen LogP contribution in [0.2, 0.25) is 0 Å². The quantitative estimate of drug-likeness (QED) is 0.173. The highest BCUT2D eigenvalue weighted by Crippen LogP contribution is 2.65. The summed E-state index contributed by atoms with van der Waals surface area (Å²) in [4.78, 5) is 69.4. The van der Waals surface area contributed by atoms with Gasteiger partial charge in [0.1, 0.15) is 12.1 Å². The Morgan fingerprint density at radius 1 is 1.04 bits per heavy atom. The van der Waals surface area contributed by atoms with E-state index in [0.29, 0.717) is 25.9 Å². The summed E-state index contributed by atoms with van der Waals surface area (Å²) in [5, 5.41) is 11.5. The summed E-state index contributed by atoms with van der Waals surface area (Å²) in [6.45, 7) is 14.4. The molecule has 10 nitrogen and oxygen atoms in total. The first kappa shape index (κ1) is 35.7. The highest BCUT2D eigenvalue weighted by atomic mass is 16.2. The first-order valence-electron chi connectivity index (χ1n) is 17.5. The molecule has 5 amide bonds. The Balaban J connectivity index is 1.48. The first-order chi connectivity index (χ1) is 21.7. The monoisotopic (exact) mass is 639 g/mol. The maximum Gasteiger partial charge on any atom is 0.315 e. The molecule has 4 rings (SSSR count). The molecule has 256 valence electrons. The molecule has 4 aliphatic rings. The maximum atomic E-state index is 14.3. The molecule has 0 spiro atoms. The van der Waals surface area contributed by atoms with Gasteiger partial charge in [0.25, 0.3) is 5.91 Å². The van der Waals surface area contributed by atoms with Crippen molar-refractivity contribution in [2.24, 2.45) is 23.2 Å². The zero-order chi connectivity index (χ0) is 33.6. The van der Waals surface area contributed by atoms with Crippen molar-refractivity contribution in [1.82, 2.24) is 26.2 Å². The number of hydrogen-bond donors (Lipinski definition) is 4. The van der Waals surface area contributed by atoms with Gasteiger partial charge in [-0.15, -0.1) is 6.58 Å². The van der Waals surface area contributed by atoms with Crippen molar-refractivity contribution in [2.45, 2.75) is 135 Å². The average Bonchev–Trinajstić information content (AvgIpc) is 3.32. The zero-order valence-corrected chi connectivity index (χ0v) is 28.7. The molecule has 2 saturated carbocycles. The van der Waals surface area contributed by atoms with Crippen LogP contribution in [0, 0.1) is 23.2 Å². The minimum Gasteiger partial charge on any atom is -0.349 e. The number of Topliss-reactive ketones (excluding diaryl/α,β-unsaturated/α-hetero) is 1. The van der Waals surface area contributed by atoms with Crippen LogP contribution in [0.4, 0.5) is 4.79 Å². The van der Waals surface area contributed by atoms with Gasteiger partial charge < -0.3 is 26.2 Å². The molecule has 1 aliphatic heterocycles. The molecule has 2 unspecified atom stereocenters. The van der Waals surface area contributed by atoms with Gasteiger partial charge >= 0.3 is 6.03 Å². The fourth-order valence-corrected chi connectivity index (χ4v) is 7.88. The SMILES string of the molecule is C=CCCC(NC(=O)[C@@H]1[C@@H]2[C@H](CN1C(=O)C(NC(=O)NC(C)(C)C)C1CCCCC1)C2(C)C)C(=O)C(=O)NCCC1=CCCCC1. The van der Waals surface area contributed by atoms with E-state index < -0.39 is 47.3 Å². The highest BCUT2D eigenvalue weighted by molar-refractivity contribution is 6.38. The molecule has 46 heavy (non-hydrogen) atoms. The average molecular weight is 640 g/mol. The smallest absolute Gasteiger partial charge is 0.315 e. The lowest BCUT2D eigenvalue weighted by molar-refractivity contribution is -0.144. The molecule has 0 aromatic carbocycles. The van der Waals surface area contributed by atoms with Crippen molar-refractivity contribution < 1.29 is 24.0 Å². The molecule has 1 heterocycles. The van der Waals surface area contributed by atoms with Gasteiger partial charge in [-0.3, -0.25) is 19.2 Å². The molecule has 0 radical (unpaired) electrons. The lowest BCUT2D eigenvalue weighted by atomic mass is 9.83. The number of allylic oxidation sites excluding steroid dienone is 2. The van der Waals surface area contributed by atoms with E-state index in [1.54, 1.807) is 11.0 Å². The predicted octanol–water partition coefficient (Wildman–Crippen LogP) is 4.54. The number of carbonyl (C=O) groups excluding carboxylic acids is 5. The van der Waals surface area contributed by atoms with Crippen molar-refractivity contribution in [2.75, 3.05) is 13.1 Å². The number of piperidine rings is 1. The van der Waals surface area contributed by atoms with Gasteiger partial charge in [0.05, 0.1) is 6.04 Å². The second kappa shape index (κ2) is 15.2. The van der Waals surface area contributed by atoms with Crippen LogP contribution in [0.1, 0.15) is 112 Å². The largest absolute Gasteiger partial charge is 0.349 e. The van der Waals surface area contributed by atoms with Gasteiger partial charge in [0.2, 0.25) is 17.6 Å². The first-order valence-corrected chi connectivity index (χ1v) is 17.5. The molecule has 0 aromatic rings. The Morgan fingerprint density at radius 3 is 2.39 bits per heavy atom. The molecular formula is C36H57N5O5. The van der Waals surface area contributed by atoms with E-state index in [9.17, 15) is 24.0 Å². The van der Waals surface area contributed by atoms with E-state index in [-0.39, 0.29) is 35.5 Å². The summed E-state index contributed by atoms with van der Waals surface area (Å²) in [6, 6.07) is -2.96. The normalized spacial score (nSPS) is 25.3. The molecule has 0 bridgehead atoms. The molecule has 3 fully saturated rings. The van der Waals surface area contributed by atoms with E-state index in [1.807, 2.05) is 20.8 Å². The van der Waals surface area contributed by atoms with E-state index >= 15 is 0 Å². The van der Waals surface area contributed by atoms with Gasteiger partial charge in [-0.05, 0) is 102 Å². The van der Waals surface area contributed by atoms with Crippen LogP contribution in [0.3, 0.4) is 0 Å². The van der Waals surface area contributed by atoms with Gasteiger partial charge in [-0.25, -0.2) is 4.79 Å². The summed E-state index contributed by atoms with van der Waals surface area (Å²) < 4.78 is 0. The Morgan fingerprint density at radius 2 is 1.76 bits per heavy atom. The molecule has 4 N–H and O–H groups in total. The fourth-order valence-electron chi connectivity index (χ4n) is 7.88. The predicted molar refractivity (Wildman–Crippen MR) is 179 cm³/mol. The Hall–Kier alpha value is -3.17. The minimum absolute atomic E-state index is 0.0180. The number of ketones is 1. The van der Waals surface area contributed by atoms with Gasteiger partial charge in [-0.1, -0.05) is 50.8 Å². The van der Waals surface area contributed by atoms with Crippen LogP contribution in [-0.2, 0) is 19.2 Å². The summed E-state index contributed by atoms with van der Waals surface area (Å²) >= 11 is 0. The molecule has 1 saturated heterocycles. The van der Waals surface area contributed by atoms with Crippen molar-refractivity contribution in [3.8, 4) is 0 Å². The summed E-state index contributed by atoms with van der Waals surface area (Å²) in [5.74, 6) is -2.01. The summed E-state index contributed by atoms with van der Waals surface area (Å²) in [6.07, 6.45) is 14.4. The lowest BCUT2D eigenvalue weighted by Crippen LogP contribution is -2.61. The van der Waals surface area contributed by atoms with Gasteiger partial charge in [-0.2, -0.15) is 0 Å². The zero-order valence-electron chi connectivity index (χ0n) is 28.7. The van der Waals surface area contributed by atoms with Gasteiger partial charge in [0, 0.05) is 18.6 Å². The van der Waals surface area contributed by atoms with Crippen molar-refractivity contribution in [3.05, 3.63) is 24.3 Å². The lowest BCUT2D eigenvalue weighted by Gasteiger charge is -2.37.